The number of rotatable bonds is 10. The normalized spacial score (nSPS) is 19.8. The lowest BCUT2D eigenvalue weighted by Gasteiger charge is -2.29. The molecule has 4 rings (SSSR count). The molecule has 2 aliphatic rings. The number of morpholine rings is 1. The molecular weight excluding hydrogens is 527 g/mol. The Balaban J connectivity index is 1.67. The van der Waals surface area contributed by atoms with E-state index in [2.05, 4.69) is 11.8 Å². The molecule has 2 aromatic rings. The fourth-order valence-corrected chi connectivity index (χ4v) is 5.18. The van der Waals surface area contributed by atoms with Crippen molar-refractivity contribution in [2.45, 2.75) is 39.2 Å². The summed E-state index contributed by atoms with van der Waals surface area (Å²) in [5, 5.41) is 12.1. The molecule has 2 fully saturated rings. The van der Waals surface area contributed by atoms with Crippen LogP contribution in [-0.4, -0.2) is 72.6 Å². The van der Waals surface area contributed by atoms with Crippen molar-refractivity contribution in [3.05, 3.63) is 68.7 Å². The van der Waals surface area contributed by atoms with E-state index in [4.69, 9.17) is 32.7 Å². The molecule has 2 aromatic carbocycles. The molecule has 1 amide bonds. The predicted octanol–water partition coefficient (Wildman–Crippen LogP) is 5.62. The number of aliphatic hydroxyl groups is 1. The van der Waals surface area contributed by atoms with Gasteiger partial charge in [-0.25, -0.2) is 0 Å². The van der Waals surface area contributed by atoms with Gasteiger partial charge in [-0.1, -0.05) is 42.6 Å². The minimum atomic E-state index is -0.782. The van der Waals surface area contributed by atoms with Gasteiger partial charge in [-0.2, -0.15) is 0 Å². The minimum Gasteiger partial charge on any atom is -0.507 e. The van der Waals surface area contributed by atoms with Gasteiger partial charge in [-0.05, 0) is 61.2 Å². The first-order valence-corrected chi connectivity index (χ1v) is 13.8. The molecule has 38 heavy (non-hydrogen) atoms. The molecule has 0 radical (unpaired) electrons. The molecule has 0 spiro atoms. The number of carbonyl (C=O) groups is 2. The summed E-state index contributed by atoms with van der Waals surface area (Å²) >= 11 is 12.5. The van der Waals surface area contributed by atoms with E-state index >= 15 is 0 Å². The molecule has 0 aliphatic carbocycles. The number of halogens is 2. The Morgan fingerprint density at radius 1 is 1.05 bits per heavy atom. The molecule has 0 saturated carbocycles. The second-order valence-corrected chi connectivity index (χ2v) is 10.5. The maximum absolute atomic E-state index is 13.3. The summed E-state index contributed by atoms with van der Waals surface area (Å²) in [4.78, 5) is 30.4. The van der Waals surface area contributed by atoms with Crippen molar-refractivity contribution in [2.24, 2.45) is 0 Å². The van der Waals surface area contributed by atoms with Gasteiger partial charge in [0.25, 0.3) is 11.7 Å². The molecule has 204 valence electrons. The lowest BCUT2D eigenvalue weighted by molar-refractivity contribution is -0.140. The molecule has 0 aromatic heterocycles. The van der Waals surface area contributed by atoms with Crippen molar-refractivity contribution >= 4 is 40.7 Å². The van der Waals surface area contributed by atoms with Crippen molar-refractivity contribution in [1.29, 1.82) is 0 Å². The van der Waals surface area contributed by atoms with Crippen molar-refractivity contribution in [3.63, 3.8) is 0 Å². The van der Waals surface area contributed by atoms with E-state index in [-0.39, 0.29) is 11.3 Å². The maximum Gasteiger partial charge on any atom is 0.295 e. The molecule has 9 heteroatoms. The number of unbranched alkanes of at least 4 members (excludes halogenated alkanes) is 1. The van der Waals surface area contributed by atoms with Crippen molar-refractivity contribution in [2.75, 3.05) is 46.0 Å². The number of carbonyl (C=O) groups excluding carboxylic acids is 2. The van der Waals surface area contributed by atoms with Crippen LogP contribution in [0.5, 0.6) is 5.75 Å². The maximum atomic E-state index is 13.3. The highest BCUT2D eigenvalue weighted by molar-refractivity contribution is 6.46. The average molecular weight is 562 g/mol. The Kier molecular flexibility index (Phi) is 9.71. The third-order valence-electron chi connectivity index (χ3n) is 6.98. The molecule has 1 atom stereocenters. The van der Waals surface area contributed by atoms with E-state index in [1.54, 1.807) is 36.4 Å². The number of benzene rings is 2. The number of likely N-dealkylation sites (tertiary alicyclic amines) is 1. The monoisotopic (exact) mass is 560 g/mol. The summed E-state index contributed by atoms with van der Waals surface area (Å²) in [7, 11) is 0. The highest BCUT2D eigenvalue weighted by Crippen LogP contribution is 2.41. The van der Waals surface area contributed by atoms with Crippen LogP contribution in [0.2, 0.25) is 10.0 Å². The summed E-state index contributed by atoms with van der Waals surface area (Å²) in [6.45, 7) is 8.78. The van der Waals surface area contributed by atoms with Gasteiger partial charge in [0.05, 0.1) is 41.5 Å². The van der Waals surface area contributed by atoms with Crippen LogP contribution in [0.25, 0.3) is 5.76 Å². The standard InChI is InChI=1S/C29H34Cl2N2O5/c1-3-4-14-38-24-9-7-21(17-19(24)2)27(34)25-26(20-6-8-22(30)23(31)18-20)33(29(36)28(25)35)11-5-10-32-12-15-37-16-13-32/h6-9,17-18,26,34H,3-5,10-16H2,1-2H3/t26-/m1/s1. The van der Waals surface area contributed by atoms with Gasteiger partial charge in [0.2, 0.25) is 0 Å². The van der Waals surface area contributed by atoms with Crippen LogP contribution < -0.4 is 4.74 Å². The zero-order valence-corrected chi connectivity index (χ0v) is 23.4. The van der Waals surface area contributed by atoms with E-state index in [1.807, 2.05) is 6.92 Å². The number of hydrogen-bond acceptors (Lipinski definition) is 6. The molecule has 2 heterocycles. The number of ether oxygens (including phenoxy) is 2. The van der Waals surface area contributed by atoms with Gasteiger partial charge >= 0.3 is 0 Å². The van der Waals surface area contributed by atoms with Gasteiger partial charge in [0, 0.05) is 31.7 Å². The number of aryl methyl sites for hydroxylation is 1. The van der Waals surface area contributed by atoms with Gasteiger partial charge in [0.15, 0.2) is 0 Å². The van der Waals surface area contributed by atoms with Crippen LogP contribution in [-0.2, 0) is 14.3 Å². The van der Waals surface area contributed by atoms with E-state index < -0.39 is 17.7 Å². The fraction of sp³-hybridized carbons (Fsp3) is 0.448. The number of Topliss-reactive ketones (excluding diaryl/α,β-unsaturated/α-hetero) is 1. The Morgan fingerprint density at radius 3 is 2.50 bits per heavy atom. The lowest BCUT2D eigenvalue weighted by Crippen LogP contribution is -2.38. The Hall–Kier alpha value is -2.58. The first-order valence-electron chi connectivity index (χ1n) is 13.1. The Morgan fingerprint density at radius 2 is 1.82 bits per heavy atom. The molecular formula is C29H34Cl2N2O5. The van der Waals surface area contributed by atoms with Crippen molar-refractivity contribution in [3.8, 4) is 5.75 Å². The summed E-state index contributed by atoms with van der Waals surface area (Å²) < 4.78 is 11.2. The third kappa shape index (κ3) is 6.34. The molecule has 7 nitrogen and oxygen atoms in total. The minimum absolute atomic E-state index is 0.0406. The van der Waals surface area contributed by atoms with Gasteiger partial charge in [0.1, 0.15) is 11.5 Å². The number of hydrogen-bond donors (Lipinski definition) is 1. The van der Waals surface area contributed by atoms with E-state index in [9.17, 15) is 14.7 Å². The van der Waals surface area contributed by atoms with Gasteiger partial charge < -0.3 is 19.5 Å². The van der Waals surface area contributed by atoms with Crippen LogP contribution in [0.15, 0.2) is 42.0 Å². The number of ketones is 1. The second-order valence-electron chi connectivity index (χ2n) is 9.66. The zero-order chi connectivity index (χ0) is 27.2. The summed E-state index contributed by atoms with van der Waals surface area (Å²) in [5.41, 5.74) is 1.93. The number of aliphatic hydroxyl groups excluding tert-OH is 1. The Labute approximate surface area is 233 Å². The first kappa shape index (κ1) is 28.4. The summed E-state index contributed by atoms with van der Waals surface area (Å²) in [5.74, 6) is -0.857. The van der Waals surface area contributed by atoms with Crippen molar-refractivity contribution < 1.29 is 24.2 Å². The molecule has 1 N–H and O–H groups in total. The van der Waals surface area contributed by atoms with E-state index in [0.717, 1.165) is 43.8 Å². The topological polar surface area (TPSA) is 79.3 Å². The van der Waals surface area contributed by atoms with E-state index in [0.29, 0.717) is 54.0 Å². The van der Waals surface area contributed by atoms with Crippen molar-refractivity contribution in [1.82, 2.24) is 9.80 Å². The molecule has 2 saturated heterocycles. The smallest absolute Gasteiger partial charge is 0.295 e. The van der Waals surface area contributed by atoms with Crippen LogP contribution in [0, 0.1) is 6.92 Å². The average Bonchev–Trinajstić information content (AvgIpc) is 3.16. The SMILES string of the molecule is CCCCOc1ccc(C(O)=C2C(=O)C(=O)N(CCCN3CCOCC3)[C@@H]2c2ccc(Cl)c(Cl)c2)cc1C. The van der Waals surface area contributed by atoms with Crippen LogP contribution in [0.3, 0.4) is 0 Å². The molecule has 2 aliphatic heterocycles. The number of amides is 1. The van der Waals surface area contributed by atoms with Crippen LogP contribution in [0.1, 0.15) is 48.9 Å². The molecule has 0 unspecified atom stereocenters. The fourth-order valence-electron chi connectivity index (χ4n) is 4.87. The largest absolute Gasteiger partial charge is 0.507 e. The second kappa shape index (κ2) is 13.0. The van der Waals surface area contributed by atoms with Gasteiger partial charge in [-0.15, -0.1) is 0 Å². The zero-order valence-electron chi connectivity index (χ0n) is 21.8. The highest BCUT2D eigenvalue weighted by atomic mass is 35.5. The van der Waals surface area contributed by atoms with Gasteiger partial charge in [-0.3, -0.25) is 14.5 Å². The van der Waals surface area contributed by atoms with Crippen LogP contribution >= 0.6 is 23.2 Å². The third-order valence-corrected chi connectivity index (χ3v) is 7.72. The first-order chi connectivity index (χ1) is 18.3. The summed E-state index contributed by atoms with van der Waals surface area (Å²) in [6.07, 6.45) is 2.65. The van der Waals surface area contributed by atoms with E-state index in [1.165, 1.54) is 4.90 Å². The highest BCUT2D eigenvalue weighted by Gasteiger charge is 2.46. The van der Waals surface area contributed by atoms with Crippen LogP contribution in [0.4, 0.5) is 0 Å². The molecule has 0 bridgehead atoms. The predicted molar refractivity (Wildman–Crippen MR) is 149 cm³/mol. The Bertz CT molecular complexity index is 1210. The number of nitrogens with zero attached hydrogens (tertiary/aromatic N) is 2. The quantitative estimate of drug-likeness (QED) is 0.176. The lowest BCUT2D eigenvalue weighted by atomic mass is 9.94. The summed E-state index contributed by atoms with van der Waals surface area (Å²) in [6, 6.07) is 9.51.